The predicted octanol–water partition coefficient (Wildman–Crippen LogP) is 2.42. The van der Waals surface area contributed by atoms with Gasteiger partial charge in [0, 0.05) is 24.0 Å². The highest BCUT2D eigenvalue weighted by Crippen LogP contribution is 2.10. The summed E-state index contributed by atoms with van der Waals surface area (Å²) in [5.74, 6) is 0.796. The largest absolute Gasteiger partial charge is 0.306 e. The van der Waals surface area contributed by atoms with Crippen LogP contribution in [0, 0.1) is 0 Å². The number of halogens is 1. The van der Waals surface area contributed by atoms with Crippen LogP contribution in [0.5, 0.6) is 0 Å². The van der Waals surface area contributed by atoms with Crippen LogP contribution >= 0.6 is 11.6 Å². The lowest BCUT2D eigenvalue weighted by atomic mass is 10.2. The van der Waals surface area contributed by atoms with Crippen molar-refractivity contribution in [1.29, 1.82) is 0 Å². The maximum Gasteiger partial charge on any atom is 0.141 e. The van der Waals surface area contributed by atoms with E-state index in [1.807, 2.05) is 24.3 Å². The van der Waals surface area contributed by atoms with Gasteiger partial charge in [-0.2, -0.15) is 0 Å². The van der Waals surface area contributed by atoms with Crippen molar-refractivity contribution in [2.75, 3.05) is 0 Å². The zero-order valence-corrected chi connectivity index (χ0v) is 9.48. The average Bonchev–Trinajstić information content (AvgIpc) is 2.30. The summed E-state index contributed by atoms with van der Waals surface area (Å²) in [4.78, 5) is 8.26. The molecule has 0 bridgehead atoms. The van der Waals surface area contributed by atoms with Crippen LogP contribution in [0.25, 0.3) is 0 Å². The molecule has 0 aliphatic carbocycles. The molecule has 1 aromatic heterocycles. The Labute approximate surface area is 99.5 Å². The van der Waals surface area contributed by atoms with Gasteiger partial charge in [-0.25, -0.2) is 9.97 Å². The standard InChI is InChI=1S/C12H12ClN3/c13-11-4-1-3-10(7-11)8-14-9-12-15-5-2-6-16-12/h1-7,14H,8-9H2. The maximum atomic E-state index is 5.89. The van der Waals surface area contributed by atoms with Gasteiger partial charge in [0.05, 0.1) is 6.54 Å². The summed E-state index contributed by atoms with van der Waals surface area (Å²) < 4.78 is 0. The fourth-order valence-corrected chi connectivity index (χ4v) is 1.60. The quantitative estimate of drug-likeness (QED) is 0.882. The minimum Gasteiger partial charge on any atom is -0.306 e. The molecule has 1 N–H and O–H groups in total. The van der Waals surface area contributed by atoms with E-state index in [-0.39, 0.29) is 0 Å². The van der Waals surface area contributed by atoms with Gasteiger partial charge in [0.25, 0.3) is 0 Å². The fraction of sp³-hybridized carbons (Fsp3) is 0.167. The minimum absolute atomic E-state index is 0.660. The zero-order chi connectivity index (χ0) is 11.2. The number of nitrogens with zero attached hydrogens (tertiary/aromatic N) is 2. The molecule has 2 aromatic rings. The Hall–Kier alpha value is -1.45. The first-order chi connectivity index (χ1) is 7.84. The lowest BCUT2D eigenvalue weighted by Crippen LogP contribution is -2.14. The molecular formula is C12H12ClN3. The minimum atomic E-state index is 0.660. The molecule has 4 heteroatoms. The lowest BCUT2D eigenvalue weighted by molar-refractivity contribution is 0.662. The van der Waals surface area contributed by atoms with Gasteiger partial charge in [-0.3, -0.25) is 0 Å². The molecule has 3 nitrogen and oxygen atoms in total. The van der Waals surface area contributed by atoms with E-state index in [1.54, 1.807) is 18.5 Å². The second-order valence-corrected chi connectivity index (χ2v) is 3.83. The summed E-state index contributed by atoms with van der Waals surface area (Å²) in [6.45, 7) is 1.42. The predicted molar refractivity (Wildman–Crippen MR) is 64.0 cm³/mol. The number of nitrogens with one attached hydrogen (secondary N) is 1. The average molecular weight is 234 g/mol. The van der Waals surface area contributed by atoms with Gasteiger partial charge in [-0.1, -0.05) is 23.7 Å². The zero-order valence-electron chi connectivity index (χ0n) is 8.73. The SMILES string of the molecule is Clc1cccc(CNCc2ncccn2)c1. The summed E-state index contributed by atoms with van der Waals surface area (Å²) in [6, 6.07) is 9.59. The summed E-state index contributed by atoms with van der Waals surface area (Å²) in [5, 5.41) is 4.02. The van der Waals surface area contributed by atoms with Crippen molar-refractivity contribution in [2.45, 2.75) is 13.1 Å². The van der Waals surface area contributed by atoms with Gasteiger partial charge in [-0.15, -0.1) is 0 Å². The second kappa shape index (κ2) is 5.58. The number of rotatable bonds is 4. The van der Waals surface area contributed by atoms with E-state index in [9.17, 15) is 0 Å². The smallest absolute Gasteiger partial charge is 0.141 e. The van der Waals surface area contributed by atoms with E-state index >= 15 is 0 Å². The number of hydrogen-bond acceptors (Lipinski definition) is 3. The maximum absolute atomic E-state index is 5.89. The molecule has 0 aliphatic heterocycles. The molecule has 0 spiro atoms. The molecule has 0 radical (unpaired) electrons. The summed E-state index contributed by atoms with van der Waals surface area (Å²) in [7, 11) is 0. The Kier molecular flexibility index (Phi) is 3.86. The van der Waals surface area contributed by atoms with Gasteiger partial charge in [-0.05, 0) is 23.8 Å². The van der Waals surface area contributed by atoms with E-state index in [1.165, 1.54) is 0 Å². The summed E-state index contributed by atoms with van der Waals surface area (Å²) in [6.07, 6.45) is 3.48. The lowest BCUT2D eigenvalue weighted by Gasteiger charge is -2.04. The van der Waals surface area contributed by atoms with Crippen molar-refractivity contribution < 1.29 is 0 Å². The summed E-state index contributed by atoms with van der Waals surface area (Å²) >= 11 is 5.89. The Morgan fingerprint density at radius 2 is 1.88 bits per heavy atom. The molecule has 1 heterocycles. The number of hydrogen-bond donors (Lipinski definition) is 1. The molecule has 0 atom stereocenters. The molecule has 0 fully saturated rings. The monoisotopic (exact) mass is 233 g/mol. The van der Waals surface area contributed by atoms with Crippen LogP contribution in [0.1, 0.15) is 11.4 Å². The normalized spacial score (nSPS) is 10.3. The Bertz CT molecular complexity index is 445. The van der Waals surface area contributed by atoms with Crippen molar-refractivity contribution in [1.82, 2.24) is 15.3 Å². The van der Waals surface area contributed by atoms with E-state index in [0.717, 1.165) is 23.0 Å². The molecule has 82 valence electrons. The van der Waals surface area contributed by atoms with Crippen LogP contribution in [0.15, 0.2) is 42.7 Å². The summed E-state index contributed by atoms with van der Waals surface area (Å²) in [5.41, 5.74) is 1.16. The molecule has 0 amide bonds. The second-order valence-electron chi connectivity index (χ2n) is 3.40. The molecule has 0 unspecified atom stereocenters. The van der Waals surface area contributed by atoms with Crippen molar-refractivity contribution in [3.8, 4) is 0 Å². The van der Waals surface area contributed by atoms with E-state index in [4.69, 9.17) is 11.6 Å². The molecule has 0 saturated carbocycles. The van der Waals surface area contributed by atoms with Crippen molar-refractivity contribution in [2.24, 2.45) is 0 Å². The highest BCUT2D eigenvalue weighted by molar-refractivity contribution is 6.30. The van der Waals surface area contributed by atoms with Gasteiger partial charge in [0.15, 0.2) is 0 Å². The van der Waals surface area contributed by atoms with Gasteiger partial charge in [0.1, 0.15) is 5.82 Å². The number of aromatic nitrogens is 2. The first-order valence-corrected chi connectivity index (χ1v) is 5.43. The highest BCUT2D eigenvalue weighted by atomic mass is 35.5. The Morgan fingerprint density at radius 3 is 2.62 bits per heavy atom. The van der Waals surface area contributed by atoms with E-state index in [2.05, 4.69) is 15.3 Å². The van der Waals surface area contributed by atoms with Crippen molar-refractivity contribution in [3.05, 3.63) is 59.1 Å². The molecular weight excluding hydrogens is 222 g/mol. The molecule has 16 heavy (non-hydrogen) atoms. The van der Waals surface area contributed by atoms with Gasteiger partial charge in [0.2, 0.25) is 0 Å². The van der Waals surface area contributed by atoms with Crippen LogP contribution in [0.3, 0.4) is 0 Å². The molecule has 0 aliphatic rings. The van der Waals surface area contributed by atoms with Crippen molar-refractivity contribution in [3.63, 3.8) is 0 Å². The third-order valence-electron chi connectivity index (χ3n) is 2.12. The topological polar surface area (TPSA) is 37.8 Å². The molecule has 2 rings (SSSR count). The Morgan fingerprint density at radius 1 is 1.06 bits per heavy atom. The van der Waals surface area contributed by atoms with Crippen LogP contribution in [0.4, 0.5) is 0 Å². The molecule has 0 saturated heterocycles. The van der Waals surface area contributed by atoms with Crippen LogP contribution < -0.4 is 5.32 Å². The third-order valence-corrected chi connectivity index (χ3v) is 2.36. The fourth-order valence-electron chi connectivity index (χ4n) is 1.39. The van der Waals surface area contributed by atoms with Crippen molar-refractivity contribution >= 4 is 11.6 Å². The van der Waals surface area contributed by atoms with Crippen LogP contribution in [-0.4, -0.2) is 9.97 Å². The Balaban J connectivity index is 1.85. The van der Waals surface area contributed by atoms with Gasteiger partial charge >= 0.3 is 0 Å². The first kappa shape index (κ1) is 11.0. The van der Waals surface area contributed by atoms with Crippen LogP contribution in [0.2, 0.25) is 5.02 Å². The van der Waals surface area contributed by atoms with Crippen LogP contribution in [-0.2, 0) is 13.1 Å². The van der Waals surface area contributed by atoms with E-state index < -0.39 is 0 Å². The highest BCUT2D eigenvalue weighted by Gasteiger charge is 1.96. The first-order valence-electron chi connectivity index (χ1n) is 5.05. The molecule has 1 aromatic carbocycles. The van der Waals surface area contributed by atoms with E-state index in [0.29, 0.717) is 6.54 Å². The number of benzene rings is 1. The third kappa shape index (κ3) is 3.29. The van der Waals surface area contributed by atoms with Gasteiger partial charge < -0.3 is 5.32 Å².